The number of fused-ring (bicyclic) bond motifs is 1. The minimum Gasteiger partial charge on any atom is -0.482 e. The van der Waals surface area contributed by atoms with Gasteiger partial charge in [-0.2, -0.15) is 0 Å². The van der Waals surface area contributed by atoms with E-state index in [2.05, 4.69) is 12.1 Å². The Morgan fingerprint density at radius 1 is 1.10 bits per heavy atom. The molecule has 7 nitrogen and oxygen atoms in total. The quantitative estimate of drug-likeness (QED) is 0.375. The highest BCUT2D eigenvalue weighted by molar-refractivity contribution is 7.96. The molecule has 2 saturated heterocycles. The third kappa shape index (κ3) is 3.69. The lowest BCUT2D eigenvalue weighted by Gasteiger charge is -2.29. The van der Waals surface area contributed by atoms with E-state index in [9.17, 15) is 14.4 Å². The smallest absolute Gasteiger partial charge is 0.344 e. The molecule has 4 fully saturated rings. The van der Waals surface area contributed by atoms with E-state index in [1.807, 2.05) is 12.1 Å². The lowest BCUT2D eigenvalue weighted by Crippen LogP contribution is -2.44. The van der Waals surface area contributed by atoms with Crippen molar-refractivity contribution in [1.82, 2.24) is 0 Å². The first-order valence-corrected chi connectivity index (χ1v) is 12.5. The minimum atomic E-state index is -0.622. The molecule has 0 amide bonds. The van der Waals surface area contributed by atoms with Gasteiger partial charge in [0.1, 0.15) is 29.5 Å². The van der Waals surface area contributed by atoms with Gasteiger partial charge in [-0.3, -0.25) is 9.59 Å². The molecule has 2 bridgehead atoms. The second-order valence-electron chi connectivity index (χ2n) is 8.72. The Labute approximate surface area is 184 Å². The maximum absolute atomic E-state index is 12.5. The van der Waals surface area contributed by atoms with Crippen molar-refractivity contribution < 1.29 is 33.3 Å². The highest BCUT2D eigenvalue weighted by Gasteiger charge is 2.70. The molecule has 2 saturated carbocycles. The van der Waals surface area contributed by atoms with Gasteiger partial charge in [0.2, 0.25) is 0 Å². The SMILES string of the molecule is COC(=O)C1C2CC3C(OC(=O)C31)C2OC(=O)COc1ccc([S+]2CCCCC2)cc1. The Hall–Kier alpha value is -2.22. The van der Waals surface area contributed by atoms with Crippen LogP contribution in [0.3, 0.4) is 0 Å². The molecule has 2 aliphatic heterocycles. The Balaban J connectivity index is 1.18. The van der Waals surface area contributed by atoms with Gasteiger partial charge in [0, 0.05) is 22.7 Å². The zero-order valence-electron chi connectivity index (χ0n) is 17.5. The van der Waals surface area contributed by atoms with Crippen LogP contribution in [-0.4, -0.2) is 55.3 Å². The molecule has 8 heteroatoms. The van der Waals surface area contributed by atoms with Gasteiger partial charge < -0.3 is 18.9 Å². The van der Waals surface area contributed by atoms with Crippen LogP contribution in [0.5, 0.6) is 5.75 Å². The van der Waals surface area contributed by atoms with Crippen LogP contribution in [0.25, 0.3) is 0 Å². The summed E-state index contributed by atoms with van der Waals surface area (Å²) in [4.78, 5) is 38.3. The average Bonchev–Trinajstić information content (AvgIpc) is 3.42. The number of rotatable bonds is 6. The summed E-state index contributed by atoms with van der Waals surface area (Å²) in [5, 5.41) is 0. The summed E-state index contributed by atoms with van der Waals surface area (Å²) in [6, 6.07) is 7.98. The van der Waals surface area contributed by atoms with Gasteiger partial charge >= 0.3 is 17.9 Å². The highest BCUT2D eigenvalue weighted by atomic mass is 32.2. The number of esters is 3. The third-order valence-electron chi connectivity index (χ3n) is 7.08. The number of benzene rings is 1. The van der Waals surface area contributed by atoms with Gasteiger partial charge in [-0.25, -0.2) is 4.79 Å². The Morgan fingerprint density at radius 2 is 1.84 bits per heavy atom. The second-order valence-corrected chi connectivity index (χ2v) is 11.0. The molecule has 6 unspecified atom stereocenters. The van der Waals surface area contributed by atoms with Crippen LogP contribution in [0.1, 0.15) is 25.7 Å². The number of methoxy groups -OCH3 is 1. The van der Waals surface area contributed by atoms with Crippen molar-refractivity contribution in [1.29, 1.82) is 0 Å². The molecule has 1 aromatic carbocycles. The normalized spacial score (nSPS) is 33.8. The van der Waals surface area contributed by atoms with E-state index in [-0.39, 0.29) is 24.4 Å². The summed E-state index contributed by atoms with van der Waals surface area (Å²) in [6.07, 6.45) is 3.46. The first-order valence-electron chi connectivity index (χ1n) is 10.9. The molecule has 5 rings (SSSR count). The molecular weight excluding hydrogens is 420 g/mol. The van der Waals surface area contributed by atoms with E-state index >= 15 is 0 Å². The van der Waals surface area contributed by atoms with Crippen LogP contribution in [0.4, 0.5) is 0 Å². The maximum atomic E-state index is 12.5. The lowest BCUT2D eigenvalue weighted by molar-refractivity contribution is -0.166. The third-order valence-corrected chi connectivity index (χ3v) is 9.58. The summed E-state index contributed by atoms with van der Waals surface area (Å²) >= 11 is 0. The fourth-order valence-corrected chi connectivity index (χ4v) is 8.03. The topological polar surface area (TPSA) is 88.1 Å². The zero-order chi connectivity index (χ0) is 21.5. The van der Waals surface area contributed by atoms with Gasteiger partial charge in [-0.05, 0) is 49.9 Å². The van der Waals surface area contributed by atoms with E-state index in [1.165, 1.54) is 42.8 Å². The largest absolute Gasteiger partial charge is 0.482 e. The molecule has 4 aliphatic rings. The molecule has 31 heavy (non-hydrogen) atoms. The van der Waals surface area contributed by atoms with Gasteiger partial charge in [-0.1, -0.05) is 0 Å². The van der Waals surface area contributed by atoms with Crippen molar-refractivity contribution >= 4 is 28.8 Å². The van der Waals surface area contributed by atoms with Gasteiger partial charge in [-0.15, -0.1) is 0 Å². The standard InChI is InChI=1S/C23H27O7S/c1-27-22(25)18-15-11-16-19(18)23(26)30-21(16)20(15)29-17(24)12-28-13-5-7-14(8-6-13)31-9-3-2-4-10-31/h5-8,15-16,18-21H,2-4,9-12H2,1H3/q+1. The molecule has 0 aromatic heterocycles. The van der Waals surface area contributed by atoms with Crippen LogP contribution in [-0.2, 0) is 39.5 Å². The van der Waals surface area contributed by atoms with Crippen LogP contribution >= 0.6 is 0 Å². The van der Waals surface area contributed by atoms with Crippen LogP contribution < -0.4 is 4.74 Å². The number of carbonyl (C=O) groups is 3. The van der Waals surface area contributed by atoms with E-state index < -0.39 is 36.0 Å². The summed E-state index contributed by atoms with van der Waals surface area (Å²) in [5.74, 6) is 0.363. The van der Waals surface area contributed by atoms with E-state index in [1.54, 1.807) is 0 Å². The average molecular weight is 448 g/mol. The van der Waals surface area contributed by atoms with E-state index in [4.69, 9.17) is 18.9 Å². The molecule has 2 heterocycles. The van der Waals surface area contributed by atoms with E-state index in [0.717, 1.165) is 0 Å². The number of hydrogen-bond donors (Lipinski definition) is 0. The molecule has 1 aromatic rings. The molecule has 0 N–H and O–H groups in total. The van der Waals surface area contributed by atoms with Crippen molar-refractivity contribution in [2.24, 2.45) is 23.7 Å². The molecule has 6 atom stereocenters. The summed E-state index contributed by atoms with van der Waals surface area (Å²) in [6.45, 7) is -0.230. The van der Waals surface area contributed by atoms with Gasteiger partial charge in [0.05, 0.1) is 18.9 Å². The first-order chi connectivity index (χ1) is 15.1. The molecule has 2 aliphatic carbocycles. The van der Waals surface area contributed by atoms with Crippen LogP contribution in [0.2, 0.25) is 0 Å². The Morgan fingerprint density at radius 3 is 2.55 bits per heavy atom. The Bertz CT molecular complexity index is 863. The fourth-order valence-electron chi connectivity index (χ4n) is 5.73. The maximum Gasteiger partial charge on any atom is 0.344 e. The molecule has 0 spiro atoms. The summed E-state index contributed by atoms with van der Waals surface area (Å²) in [7, 11) is 1.63. The van der Waals surface area contributed by atoms with Crippen molar-refractivity contribution in [2.75, 3.05) is 25.2 Å². The predicted molar refractivity (Wildman–Crippen MR) is 112 cm³/mol. The van der Waals surface area contributed by atoms with Crippen molar-refractivity contribution in [3.05, 3.63) is 24.3 Å². The van der Waals surface area contributed by atoms with Crippen molar-refractivity contribution in [2.45, 2.75) is 42.8 Å². The lowest BCUT2D eigenvalue weighted by atomic mass is 9.78. The second kappa shape index (κ2) is 8.37. The minimum absolute atomic E-state index is 0.0894. The number of carbonyl (C=O) groups excluding carboxylic acids is 3. The van der Waals surface area contributed by atoms with Gasteiger partial charge in [0.15, 0.2) is 11.5 Å². The number of ether oxygens (including phenoxy) is 4. The summed E-state index contributed by atoms with van der Waals surface area (Å²) in [5.41, 5.74) is 0. The van der Waals surface area contributed by atoms with Crippen molar-refractivity contribution in [3.8, 4) is 5.75 Å². The van der Waals surface area contributed by atoms with Gasteiger partial charge in [0.25, 0.3) is 0 Å². The summed E-state index contributed by atoms with van der Waals surface area (Å²) < 4.78 is 21.6. The fraction of sp³-hybridized carbons (Fsp3) is 0.609. The molecule has 0 radical (unpaired) electrons. The zero-order valence-corrected chi connectivity index (χ0v) is 18.3. The first kappa shape index (κ1) is 20.7. The van der Waals surface area contributed by atoms with Crippen LogP contribution in [0.15, 0.2) is 29.2 Å². The molecule has 166 valence electrons. The Kier molecular flexibility index (Phi) is 5.58. The number of hydrogen-bond acceptors (Lipinski definition) is 7. The monoisotopic (exact) mass is 447 g/mol. The van der Waals surface area contributed by atoms with E-state index in [0.29, 0.717) is 23.1 Å². The molecular formula is C23H27O7S+. The highest BCUT2D eigenvalue weighted by Crippen LogP contribution is 2.58. The van der Waals surface area contributed by atoms with Crippen LogP contribution in [0, 0.1) is 23.7 Å². The predicted octanol–water partition coefficient (Wildman–Crippen LogP) is 2.12. The van der Waals surface area contributed by atoms with Crippen molar-refractivity contribution in [3.63, 3.8) is 0 Å².